The van der Waals surface area contributed by atoms with E-state index in [2.05, 4.69) is 34.3 Å². The van der Waals surface area contributed by atoms with Gasteiger partial charge in [-0.15, -0.1) is 0 Å². The average molecular weight is 247 g/mol. The van der Waals surface area contributed by atoms with Crippen molar-refractivity contribution in [3.8, 4) is 0 Å². The molecule has 0 unspecified atom stereocenters. The molecule has 0 atom stereocenters. The Kier molecular flexibility index (Phi) is 4.76. The van der Waals surface area contributed by atoms with E-state index in [4.69, 9.17) is 0 Å². The molecule has 98 valence electrons. The first-order chi connectivity index (χ1) is 8.79. The van der Waals surface area contributed by atoms with E-state index in [1.165, 1.54) is 31.1 Å². The zero-order valence-corrected chi connectivity index (χ0v) is 10.9. The van der Waals surface area contributed by atoms with Crippen LogP contribution < -0.4 is 5.32 Å². The van der Waals surface area contributed by atoms with Gasteiger partial charge in [0.05, 0.1) is 7.11 Å². The molecule has 1 aliphatic rings. The third-order valence-corrected chi connectivity index (χ3v) is 3.61. The minimum Gasteiger partial charge on any atom is -0.469 e. The van der Waals surface area contributed by atoms with Gasteiger partial charge >= 0.3 is 5.97 Å². The Hall–Kier alpha value is -1.35. The molecule has 0 amide bonds. The van der Waals surface area contributed by atoms with Crippen molar-refractivity contribution >= 4 is 5.97 Å². The molecule has 0 saturated carbocycles. The molecule has 1 aliphatic heterocycles. The number of ether oxygens (including phenoxy) is 1. The van der Waals surface area contributed by atoms with Crippen molar-refractivity contribution in [1.29, 1.82) is 0 Å². The van der Waals surface area contributed by atoms with Crippen LogP contribution in [0.15, 0.2) is 24.3 Å². The molecule has 18 heavy (non-hydrogen) atoms. The fourth-order valence-electron chi connectivity index (χ4n) is 2.51. The number of esters is 1. The summed E-state index contributed by atoms with van der Waals surface area (Å²) >= 11 is 0. The van der Waals surface area contributed by atoms with Crippen molar-refractivity contribution in [2.24, 2.45) is 0 Å². The first kappa shape index (κ1) is 13.1. The van der Waals surface area contributed by atoms with E-state index < -0.39 is 0 Å². The number of hydrogen-bond donors (Lipinski definition) is 1. The van der Waals surface area contributed by atoms with Crippen LogP contribution in [0.1, 0.15) is 36.3 Å². The number of aryl methyl sites for hydroxylation is 1. The second-order valence-corrected chi connectivity index (χ2v) is 4.85. The predicted octanol–water partition coefficient (Wildman–Crippen LogP) is 2.26. The second kappa shape index (κ2) is 6.55. The van der Waals surface area contributed by atoms with Gasteiger partial charge in [0, 0.05) is 6.42 Å². The molecule has 0 radical (unpaired) electrons. The molecular formula is C15H21NO2. The van der Waals surface area contributed by atoms with Gasteiger partial charge in [0.25, 0.3) is 0 Å². The molecule has 3 heteroatoms. The monoisotopic (exact) mass is 247 g/mol. The van der Waals surface area contributed by atoms with Gasteiger partial charge in [-0.3, -0.25) is 4.79 Å². The maximum absolute atomic E-state index is 11.1. The van der Waals surface area contributed by atoms with E-state index in [9.17, 15) is 4.79 Å². The van der Waals surface area contributed by atoms with Crippen LogP contribution in [0, 0.1) is 0 Å². The molecule has 2 rings (SSSR count). The summed E-state index contributed by atoms with van der Waals surface area (Å²) in [7, 11) is 1.44. The Balaban J connectivity index is 1.98. The number of methoxy groups -OCH3 is 1. The Labute approximate surface area is 109 Å². The maximum atomic E-state index is 11.1. The first-order valence-electron chi connectivity index (χ1n) is 6.66. The smallest absolute Gasteiger partial charge is 0.305 e. The average Bonchev–Trinajstić information content (AvgIpc) is 2.46. The van der Waals surface area contributed by atoms with E-state index >= 15 is 0 Å². The standard InChI is InChI=1S/C15H21NO2/c1-18-15(17)6-5-12-3-2-4-14(11-12)13-7-9-16-10-8-13/h2-4,11,13,16H,5-10H2,1H3. The largest absolute Gasteiger partial charge is 0.469 e. The quantitative estimate of drug-likeness (QED) is 0.829. The zero-order valence-electron chi connectivity index (χ0n) is 10.9. The first-order valence-corrected chi connectivity index (χ1v) is 6.66. The van der Waals surface area contributed by atoms with Crippen molar-refractivity contribution in [2.75, 3.05) is 20.2 Å². The number of piperidine rings is 1. The van der Waals surface area contributed by atoms with Gasteiger partial charge in [-0.25, -0.2) is 0 Å². The molecule has 0 bridgehead atoms. The van der Waals surface area contributed by atoms with Crippen molar-refractivity contribution in [1.82, 2.24) is 5.32 Å². The molecule has 1 heterocycles. The Bertz CT molecular complexity index is 397. The molecular weight excluding hydrogens is 226 g/mol. The van der Waals surface area contributed by atoms with Gasteiger partial charge in [0.1, 0.15) is 0 Å². The Morgan fingerprint density at radius 2 is 2.17 bits per heavy atom. The molecule has 1 saturated heterocycles. The molecule has 0 aromatic heterocycles. The van der Waals surface area contributed by atoms with E-state index in [1.807, 2.05) is 0 Å². The number of carbonyl (C=O) groups is 1. The SMILES string of the molecule is COC(=O)CCc1cccc(C2CCNCC2)c1. The molecule has 1 fully saturated rings. The van der Waals surface area contributed by atoms with Gasteiger partial charge in [0.15, 0.2) is 0 Å². The highest BCUT2D eigenvalue weighted by molar-refractivity contribution is 5.69. The zero-order chi connectivity index (χ0) is 12.8. The predicted molar refractivity (Wildman–Crippen MR) is 71.6 cm³/mol. The summed E-state index contributed by atoms with van der Waals surface area (Å²) in [5.41, 5.74) is 2.65. The van der Waals surface area contributed by atoms with Crippen molar-refractivity contribution in [3.05, 3.63) is 35.4 Å². The van der Waals surface area contributed by atoms with E-state index in [0.29, 0.717) is 12.3 Å². The number of rotatable bonds is 4. The van der Waals surface area contributed by atoms with Crippen molar-refractivity contribution < 1.29 is 9.53 Å². The van der Waals surface area contributed by atoms with Crippen LogP contribution >= 0.6 is 0 Å². The third kappa shape index (κ3) is 3.57. The summed E-state index contributed by atoms with van der Waals surface area (Å²) in [4.78, 5) is 11.1. The third-order valence-electron chi connectivity index (χ3n) is 3.61. The minimum atomic E-state index is -0.137. The summed E-state index contributed by atoms with van der Waals surface area (Å²) in [5, 5.41) is 3.39. The van der Waals surface area contributed by atoms with Gasteiger partial charge in [-0.05, 0) is 49.4 Å². The van der Waals surface area contributed by atoms with Gasteiger partial charge in [-0.2, -0.15) is 0 Å². The second-order valence-electron chi connectivity index (χ2n) is 4.85. The van der Waals surface area contributed by atoms with Crippen LogP contribution in [0.3, 0.4) is 0 Å². The number of nitrogens with one attached hydrogen (secondary N) is 1. The van der Waals surface area contributed by atoms with Crippen molar-refractivity contribution in [2.45, 2.75) is 31.6 Å². The van der Waals surface area contributed by atoms with Crippen LogP contribution in [0.4, 0.5) is 0 Å². The summed E-state index contributed by atoms with van der Waals surface area (Å²) < 4.78 is 4.67. The fraction of sp³-hybridized carbons (Fsp3) is 0.533. The summed E-state index contributed by atoms with van der Waals surface area (Å²) in [6, 6.07) is 8.65. The lowest BCUT2D eigenvalue weighted by molar-refractivity contribution is -0.140. The van der Waals surface area contributed by atoms with E-state index in [0.717, 1.165) is 19.5 Å². The number of carbonyl (C=O) groups excluding carboxylic acids is 1. The van der Waals surface area contributed by atoms with Crippen LogP contribution in [-0.4, -0.2) is 26.2 Å². The summed E-state index contributed by atoms with van der Waals surface area (Å²) in [6.07, 6.45) is 3.65. The van der Waals surface area contributed by atoms with E-state index in [1.54, 1.807) is 0 Å². The van der Waals surface area contributed by atoms with Crippen LogP contribution in [-0.2, 0) is 16.0 Å². The molecule has 0 aliphatic carbocycles. The van der Waals surface area contributed by atoms with Crippen LogP contribution in [0.5, 0.6) is 0 Å². The lowest BCUT2D eigenvalue weighted by atomic mass is 9.89. The number of hydrogen-bond acceptors (Lipinski definition) is 3. The fourth-order valence-corrected chi connectivity index (χ4v) is 2.51. The Morgan fingerprint density at radius 1 is 1.39 bits per heavy atom. The molecule has 1 aromatic rings. The molecule has 1 aromatic carbocycles. The highest BCUT2D eigenvalue weighted by atomic mass is 16.5. The lowest BCUT2D eigenvalue weighted by Gasteiger charge is -2.23. The van der Waals surface area contributed by atoms with E-state index in [-0.39, 0.29) is 5.97 Å². The Morgan fingerprint density at radius 3 is 2.89 bits per heavy atom. The summed E-state index contributed by atoms with van der Waals surface area (Å²) in [5.74, 6) is 0.534. The number of benzene rings is 1. The van der Waals surface area contributed by atoms with Crippen LogP contribution in [0.25, 0.3) is 0 Å². The minimum absolute atomic E-state index is 0.137. The van der Waals surface area contributed by atoms with Crippen LogP contribution in [0.2, 0.25) is 0 Å². The maximum Gasteiger partial charge on any atom is 0.305 e. The van der Waals surface area contributed by atoms with Gasteiger partial charge in [0.2, 0.25) is 0 Å². The lowest BCUT2D eigenvalue weighted by Crippen LogP contribution is -2.26. The van der Waals surface area contributed by atoms with Crippen molar-refractivity contribution in [3.63, 3.8) is 0 Å². The van der Waals surface area contributed by atoms with Gasteiger partial charge in [-0.1, -0.05) is 24.3 Å². The van der Waals surface area contributed by atoms with Gasteiger partial charge < -0.3 is 10.1 Å². The molecule has 0 spiro atoms. The summed E-state index contributed by atoms with van der Waals surface area (Å²) in [6.45, 7) is 2.22. The highest BCUT2D eigenvalue weighted by Gasteiger charge is 2.15. The molecule has 1 N–H and O–H groups in total. The highest BCUT2D eigenvalue weighted by Crippen LogP contribution is 2.25. The normalized spacial score (nSPS) is 16.5. The molecule has 3 nitrogen and oxygen atoms in total. The topological polar surface area (TPSA) is 38.3 Å².